The fraction of sp³-hybridized carbons (Fsp3) is 0.500. The molecule has 1 aromatic heterocycles. The predicted octanol–water partition coefficient (Wildman–Crippen LogP) is 4.67. The number of hydrogen-bond donors (Lipinski definition) is 1. The first-order valence-electron chi connectivity index (χ1n) is 7.41. The van der Waals surface area contributed by atoms with Crippen molar-refractivity contribution in [3.8, 4) is 11.4 Å². The van der Waals surface area contributed by atoms with E-state index in [1.54, 1.807) is 0 Å². The minimum atomic E-state index is 0.477. The van der Waals surface area contributed by atoms with Gasteiger partial charge in [0.1, 0.15) is 0 Å². The first-order valence-corrected chi connectivity index (χ1v) is 7.81. The minimum absolute atomic E-state index is 0.477. The van der Waals surface area contributed by atoms with Crippen molar-refractivity contribution >= 4 is 12.2 Å². The second-order valence-electron chi connectivity index (χ2n) is 5.92. The molecule has 0 spiro atoms. The summed E-state index contributed by atoms with van der Waals surface area (Å²) in [5.41, 5.74) is 2.40. The molecule has 0 unspecified atom stereocenters. The summed E-state index contributed by atoms with van der Waals surface area (Å²) < 4.78 is 2.99. The second kappa shape index (κ2) is 5.52. The summed E-state index contributed by atoms with van der Waals surface area (Å²) in [5, 5.41) is 7.47. The number of nitrogens with one attached hydrogen (secondary N) is 1. The van der Waals surface area contributed by atoms with Gasteiger partial charge in [0.05, 0.1) is 0 Å². The Balaban J connectivity index is 2.07. The lowest BCUT2D eigenvalue weighted by atomic mass is 9.85. The highest BCUT2D eigenvalue weighted by Gasteiger charge is 2.26. The van der Waals surface area contributed by atoms with Gasteiger partial charge in [-0.25, -0.2) is 0 Å². The lowest BCUT2D eigenvalue weighted by Gasteiger charge is -2.30. The molecule has 1 fully saturated rings. The van der Waals surface area contributed by atoms with Crippen LogP contribution in [0.15, 0.2) is 24.3 Å². The van der Waals surface area contributed by atoms with Crippen LogP contribution in [0, 0.1) is 17.6 Å². The van der Waals surface area contributed by atoms with E-state index in [1.807, 2.05) is 0 Å². The second-order valence-corrected chi connectivity index (χ2v) is 6.31. The maximum atomic E-state index is 5.48. The third-order valence-electron chi connectivity index (χ3n) is 4.38. The topological polar surface area (TPSA) is 33.6 Å². The van der Waals surface area contributed by atoms with E-state index in [9.17, 15) is 0 Å². The first kappa shape index (κ1) is 13.6. The van der Waals surface area contributed by atoms with Crippen molar-refractivity contribution in [3.05, 3.63) is 34.6 Å². The number of H-pyrrole nitrogens is 1. The molecule has 1 saturated carbocycles. The molecule has 1 aliphatic rings. The Bertz CT molecular complexity index is 656. The fourth-order valence-corrected chi connectivity index (χ4v) is 3.55. The summed E-state index contributed by atoms with van der Waals surface area (Å²) >= 11 is 5.48. The molecule has 0 saturated heterocycles. The molecule has 2 aromatic rings. The van der Waals surface area contributed by atoms with Crippen molar-refractivity contribution in [2.45, 2.75) is 45.6 Å². The molecule has 1 N–H and O–H groups in total. The maximum absolute atomic E-state index is 5.48. The Morgan fingerprint density at radius 1 is 1.30 bits per heavy atom. The van der Waals surface area contributed by atoms with Gasteiger partial charge in [0.15, 0.2) is 10.6 Å². The predicted molar refractivity (Wildman–Crippen MR) is 84.3 cm³/mol. The van der Waals surface area contributed by atoms with Gasteiger partial charge in [0, 0.05) is 11.6 Å². The van der Waals surface area contributed by atoms with Gasteiger partial charge < -0.3 is 0 Å². The molecule has 1 heterocycles. The van der Waals surface area contributed by atoms with Crippen LogP contribution in [-0.4, -0.2) is 14.8 Å². The number of hydrogen-bond acceptors (Lipinski definition) is 2. The minimum Gasteiger partial charge on any atom is -0.297 e. The highest BCUT2D eigenvalue weighted by molar-refractivity contribution is 7.71. The Morgan fingerprint density at radius 3 is 2.85 bits per heavy atom. The lowest BCUT2D eigenvalue weighted by molar-refractivity contribution is 0.257. The van der Waals surface area contributed by atoms with Crippen LogP contribution in [-0.2, 0) is 0 Å². The molecular weight excluding hydrogens is 266 g/mol. The number of rotatable bonds is 2. The van der Waals surface area contributed by atoms with Gasteiger partial charge in [0.2, 0.25) is 0 Å². The van der Waals surface area contributed by atoms with Crippen LogP contribution in [0.25, 0.3) is 11.4 Å². The average Bonchev–Trinajstić information content (AvgIpc) is 2.81. The summed E-state index contributed by atoms with van der Waals surface area (Å²) in [4.78, 5) is 0. The van der Waals surface area contributed by atoms with Gasteiger partial charge in [-0.05, 0) is 44.0 Å². The number of aryl methyl sites for hydroxylation is 1. The van der Waals surface area contributed by atoms with Gasteiger partial charge in [-0.1, -0.05) is 43.5 Å². The van der Waals surface area contributed by atoms with Crippen LogP contribution < -0.4 is 0 Å². The Kier molecular flexibility index (Phi) is 3.74. The third-order valence-corrected chi connectivity index (χ3v) is 4.67. The average molecular weight is 287 g/mol. The molecular formula is C16H21N3S. The van der Waals surface area contributed by atoms with Gasteiger partial charge in [-0.3, -0.25) is 9.67 Å². The molecule has 0 aliphatic heterocycles. The molecule has 0 amide bonds. The van der Waals surface area contributed by atoms with E-state index in [4.69, 9.17) is 12.2 Å². The monoisotopic (exact) mass is 287 g/mol. The van der Waals surface area contributed by atoms with Crippen LogP contribution in [0.1, 0.15) is 44.2 Å². The van der Waals surface area contributed by atoms with Gasteiger partial charge in [0.25, 0.3) is 0 Å². The molecule has 4 heteroatoms. The molecule has 1 aliphatic carbocycles. The van der Waals surface area contributed by atoms with Crippen molar-refractivity contribution in [2.24, 2.45) is 5.92 Å². The Hall–Kier alpha value is -1.42. The molecule has 20 heavy (non-hydrogen) atoms. The molecule has 0 bridgehead atoms. The number of benzene rings is 1. The molecule has 106 valence electrons. The number of aromatic nitrogens is 3. The van der Waals surface area contributed by atoms with Gasteiger partial charge >= 0.3 is 0 Å². The largest absolute Gasteiger partial charge is 0.297 e. The summed E-state index contributed by atoms with van der Waals surface area (Å²) in [6.45, 7) is 4.44. The first-order chi connectivity index (χ1) is 9.66. The van der Waals surface area contributed by atoms with E-state index in [0.29, 0.717) is 12.0 Å². The number of aromatic amines is 1. The molecule has 1 aromatic carbocycles. The van der Waals surface area contributed by atoms with Crippen molar-refractivity contribution < 1.29 is 0 Å². The van der Waals surface area contributed by atoms with E-state index in [-0.39, 0.29) is 0 Å². The van der Waals surface area contributed by atoms with Crippen LogP contribution in [0.4, 0.5) is 0 Å². The fourth-order valence-electron chi connectivity index (χ4n) is 3.28. The van der Waals surface area contributed by atoms with Crippen molar-refractivity contribution in [1.82, 2.24) is 14.8 Å². The maximum Gasteiger partial charge on any atom is 0.195 e. The quantitative estimate of drug-likeness (QED) is 0.814. The molecule has 3 rings (SSSR count). The van der Waals surface area contributed by atoms with Crippen molar-refractivity contribution in [1.29, 1.82) is 0 Å². The van der Waals surface area contributed by atoms with E-state index in [1.165, 1.54) is 31.2 Å². The standard InChI is InChI=1S/C16H21N3S/c1-11-6-5-8-13(10-11)15-17-18-16(20)19(15)14-9-4-3-7-12(14)2/h5-6,8,10,12,14H,3-4,7,9H2,1-2H3,(H,18,20)/t12-,14+/m1/s1. The zero-order chi connectivity index (χ0) is 14.1. The van der Waals surface area contributed by atoms with Crippen LogP contribution in [0.2, 0.25) is 0 Å². The molecule has 0 radical (unpaired) electrons. The van der Waals surface area contributed by atoms with Gasteiger partial charge in [-0.2, -0.15) is 5.10 Å². The number of nitrogens with zero attached hydrogens (tertiary/aromatic N) is 2. The van der Waals surface area contributed by atoms with Crippen molar-refractivity contribution in [3.63, 3.8) is 0 Å². The lowest BCUT2D eigenvalue weighted by Crippen LogP contribution is -2.22. The molecule has 3 nitrogen and oxygen atoms in total. The van der Waals surface area contributed by atoms with E-state index >= 15 is 0 Å². The normalized spacial score (nSPS) is 22.9. The summed E-state index contributed by atoms with van der Waals surface area (Å²) in [5.74, 6) is 1.65. The summed E-state index contributed by atoms with van der Waals surface area (Å²) in [6.07, 6.45) is 5.11. The summed E-state index contributed by atoms with van der Waals surface area (Å²) in [6, 6.07) is 8.96. The van der Waals surface area contributed by atoms with E-state index in [0.717, 1.165) is 16.2 Å². The Labute approximate surface area is 125 Å². The van der Waals surface area contributed by atoms with Crippen LogP contribution >= 0.6 is 12.2 Å². The zero-order valence-electron chi connectivity index (χ0n) is 12.1. The Morgan fingerprint density at radius 2 is 2.10 bits per heavy atom. The van der Waals surface area contributed by atoms with Crippen molar-refractivity contribution in [2.75, 3.05) is 0 Å². The van der Waals surface area contributed by atoms with E-state index < -0.39 is 0 Å². The zero-order valence-corrected chi connectivity index (χ0v) is 12.9. The third kappa shape index (κ3) is 2.44. The molecule has 2 atom stereocenters. The highest BCUT2D eigenvalue weighted by Crippen LogP contribution is 2.36. The smallest absolute Gasteiger partial charge is 0.195 e. The van der Waals surface area contributed by atoms with Crippen LogP contribution in [0.3, 0.4) is 0 Å². The SMILES string of the molecule is Cc1cccc(-c2n[nH]c(=S)n2[C@H]2CCCC[C@H]2C)c1. The van der Waals surface area contributed by atoms with Crippen LogP contribution in [0.5, 0.6) is 0 Å². The van der Waals surface area contributed by atoms with E-state index in [2.05, 4.69) is 52.9 Å². The van der Waals surface area contributed by atoms with Gasteiger partial charge in [-0.15, -0.1) is 0 Å². The summed E-state index contributed by atoms with van der Waals surface area (Å²) in [7, 11) is 0. The highest BCUT2D eigenvalue weighted by atomic mass is 32.1.